The molecular weight excluding hydrogens is 226 g/mol. The summed E-state index contributed by atoms with van der Waals surface area (Å²) < 4.78 is 0. The molecule has 1 amide bonds. The zero-order valence-electron chi connectivity index (χ0n) is 8.18. The van der Waals surface area contributed by atoms with E-state index in [-0.39, 0.29) is 0 Å². The molecule has 0 saturated carbocycles. The van der Waals surface area contributed by atoms with E-state index in [4.69, 9.17) is 11.5 Å². The Morgan fingerprint density at radius 3 is 2.88 bits per heavy atom. The maximum Gasteiger partial charge on any atom is 0.249 e. The summed E-state index contributed by atoms with van der Waals surface area (Å²) in [4.78, 5) is 15.7. The Morgan fingerprint density at radius 1 is 1.44 bits per heavy atom. The summed E-state index contributed by atoms with van der Waals surface area (Å²) in [5.41, 5.74) is 11.9. The van der Waals surface area contributed by atoms with Crippen molar-refractivity contribution in [2.45, 2.75) is 10.1 Å². The fourth-order valence-electron chi connectivity index (χ4n) is 1.20. The molecule has 0 aliphatic heterocycles. The number of H-pyrrole nitrogens is 1. The molecule has 1 heterocycles. The lowest BCUT2D eigenvalue weighted by molar-refractivity contribution is 0.0997. The highest BCUT2D eigenvalue weighted by atomic mass is 32.2. The van der Waals surface area contributed by atoms with Gasteiger partial charge in [0, 0.05) is 5.69 Å². The van der Waals surface area contributed by atoms with E-state index >= 15 is 0 Å². The molecule has 2 aromatic rings. The quantitative estimate of drug-likeness (QED) is 0.676. The highest BCUT2D eigenvalue weighted by Gasteiger charge is 2.13. The predicted molar refractivity (Wildman–Crippen MR) is 59.9 cm³/mol. The number of aromatic amines is 1. The normalized spacial score (nSPS) is 10.2. The van der Waals surface area contributed by atoms with Crippen LogP contribution in [0.4, 0.5) is 5.69 Å². The van der Waals surface area contributed by atoms with Gasteiger partial charge in [-0.3, -0.25) is 9.89 Å². The van der Waals surface area contributed by atoms with Crippen LogP contribution in [0, 0.1) is 0 Å². The van der Waals surface area contributed by atoms with Crippen molar-refractivity contribution in [1.82, 2.24) is 15.2 Å². The molecule has 0 spiro atoms. The highest BCUT2D eigenvalue weighted by molar-refractivity contribution is 7.99. The fraction of sp³-hybridized carbons (Fsp3) is 0. The van der Waals surface area contributed by atoms with Crippen LogP contribution < -0.4 is 11.5 Å². The molecule has 2 rings (SSSR count). The maximum absolute atomic E-state index is 11.2. The smallest absolute Gasteiger partial charge is 0.249 e. The number of nitrogens with two attached hydrogens (primary N) is 2. The van der Waals surface area contributed by atoms with Gasteiger partial charge in [0.15, 0.2) is 5.16 Å². The van der Waals surface area contributed by atoms with Gasteiger partial charge in [-0.25, -0.2) is 4.98 Å². The number of rotatable bonds is 3. The minimum Gasteiger partial charge on any atom is -0.398 e. The lowest BCUT2D eigenvalue weighted by Crippen LogP contribution is -2.13. The number of nitrogens with zero attached hydrogens (tertiary/aromatic N) is 2. The summed E-state index contributed by atoms with van der Waals surface area (Å²) in [6.07, 6.45) is 1.38. The van der Waals surface area contributed by atoms with Crippen LogP contribution in [-0.4, -0.2) is 21.1 Å². The van der Waals surface area contributed by atoms with Crippen molar-refractivity contribution in [1.29, 1.82) is 0 Å². The molecule has 0 saturated heterocycles. The molecule has 0 bridgehead atoms. The third kappa shape index (κ3) is 1.98. The van der Waals surface area contributed by atoms with Crippen LogP contribution >= 0.6 is 11.8 Å². The topological polar surface area (TPSA) is 111 Å². The van der Waals surface area contributed by atoms with Gasteiger partial charge in [-0.05, 0) is 23.9 Å². The number of aromatic nitrogens is 3. The van der Waals surface area contributed by atoms with Gasteiger partial charge in [0.05, 0.1) is 10.5 Å². The van der Waals surface area contributed by atoms with Gasteiger partial charge >= 0.3 is 0 Å². The molecule has 0 radical (unpaired) electrons. The molecule has 1 aromatic carbocycles. The Balaban J connectivity index is 2.42. The van der Waals surface area contributed by atoms with E-state index in [1.54, 1.807) is 18.2 Å². The fourth-order valence-corrected chi connectivity index (χ4v) is 2.06. The first-order chi connectivity index (χ1) is 7.68. The van der Waals surface area contributed by atoms with Crippen LogP contribution in [0.3, 0.4) is 0 Å². The molecule has 0 aliphatic carbocycles. The van der Waals surface area contributed by atoms with E-state index in [1.165, 1.54) is 18.1 Å². The summed E-state index contributed by atoms with van der Waals surface area (Å²) in [6, 6.07) is 5.00. The van der Waals surface area contributed by atoms with Gasteiger partial charge in [-0.15, -0.1) is 0 Å². The van der Waals surface area contributed by atoms with Gasteiger partial charge in [-0.2, -0.15) is 5.10 Å². The van der Waals surface area contributed by atoms with E-state index in [9.17, 15) is 4.79 Å². The molecule has 0 unspecified atom stereocenters. The lowest BCUT2D eigenvalue weighted by Gasteiger charge is -2.07. The third-order valence-corrected chi connectivity index (χ3v) is 2.95. The number of anilines is 1. The number of nitrogens with one attached hydrogen (secondary N) is 1. The molecule has 0 atom stereocenters. The van der Waals surface area contributed by atoms with Crippen LogP contribution in [0.15, 0.2) is 34.6 Å². The SMILES string of the molecule is NC(=O)c1cccc(N)c1Sc1ncn[nH]1. The standard InChI is InChI=1S/C9H9N5OS/c10-6-3-1-2-5(8(11)15)7(6)16-9-12-4-13-14-9/h1-4H,10H2,(H2,11,15)(H,12,13,14). The maximum atomic E-state index is 11.2. The van der Waals surface area contributed by atoms with Crippen molar-refractivity contribution in [3.05, 3.63) is 30.1 Å². The number of carbonyl (C=O) groups is 1. The summed E-state index contributed by atoms with van der Waals surface area (Å²) >= 11 is 1.22. The van der Waals surface area contributed by atoms with Gasteiger partial charge in [-0.1, -0.05) is 6.07 Å². The highest BCUT2D eigenvalue weighted by Crippen LogP contribution is 2.32. The molecule has 0 aliphatic rings. The first-order valence-corrected chi connectivity index (χ1v) is 5.21. The number of nitrogen functional groups attached to an aromatic ring is 1. The lowest BCUT2D eigenvalue weighted by atomic mass is 10.2. The van der Waals surface area contributed by atoms with Gasteiger partial charge < -0.3 is 11.5 Å². The predicted octanol–water partition coefficient (Wildman–Crippen LogP) is 0.637. The number of carbonyl (C=O) groups excluding carboxylic acids is 1. The second-order valence-electron chi connectivity index (χ2n) is 2.98. The Hall–Kier alpha value is -2.02. The number of amides is 1. The largest absolute Gasteiger partial charge is 0.398 e. The van der Waals surface area contributed by atoms with E-state index in [0.717, 1.165) is 0 Å². The Kier molecular flexibility index (Phi) is 2.78. The number of primary amides is 1. The van der Waals surface area contributed by atoms with Crippen LogP contribution in [0.1, 0.15) is 10.4 Å². The van der Waals surface area contributed by atoms with Crippen molar-refractivity contribution >= 4 is 23.4 Å². The summed E-state index contributed by atoms with van der Waals surface area (Å²) in [6.45, 7) is 0. The van der Waals surface area contributed by atoms with E-state index in [2.05, 4.69) is 15.2 Å². The molecule has 0 fully saturated rings. The molecular formula is C9H9N5OS. The van der Waals surface area contributed by atoms with Gasteiger partial charge in [0.2, 0.25) is 5.91 Å². The van der Waals surface area contributed by atoms with Crippen molar-refractivity contribution in [3.63, 3.8) is 0 Å². The monoisotopic (exact) mass is 235 g/mol. The average Bonchev–Trinajstić information content (AvgIpc) is 2.73. The van der Waals surface area contributed by atoms with Crippen molar-refractivity contribution in [3.8, 4) is 0 Å². The second kappa shape index (κ2) is 4.23. The molecule has 7 heteroatoms. The summed E-state index contributed by atoms with van der Waals surface area (Å²) in [5.74, 6) is -0.519. The Bertz CT molecular complexity index is 511. The van der Waals surface area contributed by atoms with E-state index in [0.29, 0.717) is 21.3 Å². The molecule has 1 aromatic heterocycles. The minimum atomic E-state index is -0.519. The first-order valence-electron chi connectivity index (χ1n) is 4.40. The van der Waals surface area contributed by atoms with E-state index < -0.39 is 5.91 Å². The van der Waals surface area contributed by atoms with E-state index in [1.807, 2.05) is 0 Å². The number of hydrogen-bond donors (Lipinski definition) is 3. The first kappa shape index (κ1) is 10.5. The van der Waals surface area contributed by atoms with Crippen LogP contribution in [0.5, 0.6) is 0 Å². The van der Waals surface area contributed by atoms with Crippen LogP contribution in [0.25, 0.3) is 0 Å². The number of hydrogen-bond acceptors (Lipinski definition) is 5. The van der Waals surface area contributed by atoms with Crippen molar-refractivity contribution < 1.29 is 4.79 Å². The zero-order valence-corrected chi connectivity index (χ0v) is 8.99. The molecule has 6 nitrogen and oxygen atoms in total. The Morgan fingerprint density at radius 2 is 2.25 bits per heavy atom. The Labute approximate surface area is 95.4 Å². The zero-order chi connectivity index (χ0) is 11.5. The summed E-state index contributed by atoms with van der Waals surface area (Å²) in [5, 5.41) is 6.94. The molecule has 16 heavy (non-hydrogen) atoms. The third-order valence-electron chi connectivity index (χ3n) is 1.90. The average molecular weight is 235 g/mol. The number of benzene rings is 1. The summed E-state index contributed by atoms with van der Waals surface area (Å²) in [7, 11) is 0. The van der Waals surface area contributed by atoms with Crippen molar-refractivity contribution in [2.75, 3.05) is 5.73 Å². The van der Waals surface area contributed by atoms with Crippen LogP contribution in [0.2, 0.25) is 0 Å². The van der Waals surface area contributed by atoms with Crippen LogP contribution in [-0.2, 0) is 0 Å². The molecule has 5 N–H and O–H groups in total. The van der Waals surface area contributed by atoms with Gasteiger partial charge in [0.1, 0.15) is 6.33 Å². The second-order valence-corrected chi connectivity index (χ2v) is 3.98. The van der Waals surface area contributed by atoms with Crippen molar-refractivity contribution in [2.24, 2.45) is 5.73 Å². The van der Waals surface area contributed by atoms with Gasteiger partial charge in [0.25, 0.3) is 0 Å². The molecule has 82 valence electrons. The minimum absolute atomic E-state index is 0.376.